The normalized spacial score (nSPS) is 22.7. The molecule has 1 heterocycles. The average Bonchev–Trinajstić information content (AvgIpc) is 3.06. The van der Waals surface area contributed by atoms with Gasteiger partial charge in [-0.3, -0.25) is 4.31 Å². The molecule has 0 fully saturated rings. The third kappa shape index (κ3) is 2.12. The smallest absolute Gasteiger partial charge is 0.264 e. The molecule has 2 aromatic carbocycles. The van der Waals surface area contributed by atoms with Gasteiger partial charge in [0, 0.05) is 12.1 Å². The summed E-state index contributed by atoms with van der Waals surface area (Å²) in [5, 5.41) is 0. The molecule has 0 saturated carbocycles. The minimum absolute atomic E-state index is 0.0290. The van der Waals surface area contributed by atoms with Crippen molar-refractivity contribution in [2.24, 2.45) is 0 Å². The number of nitrogens with zero attached hydrogens (tertiary/aromatic N) is 1. The van der Waals surface area contributed by atoms with Crippen LogP contribution < -0.4 is 0 Å². The first-order valence-corrected chi connectivity index (χ1v) is 9.29. The standard InChI is InChI=1S/C19H19NO2S/c1-13-7-9-16(10-8-13)23(21,22)20-12-14(2)19-17-6-4-3-5-15(17)11-18(19)20/h3-10,12,18-19H,11H2,1-2H3/t18-,19+/m0/s1. The lowest BCUT2D eigenvalue weighted by atomic mass is 9.94. The van der Waals surface area contributed by atoms with E-state index in [4.69, 9.17) is 0 Å². The largest absolute Gasteiger partial charge is 0.269 e. The van der Waals surface area contributed by atoms with Gasteiger partial charge in [0.15, 0.2) is 0 Å². The second-order valence-corrected chi connectivity index (χ2v) is 8.31. The van der Waals surface area contributed by atoms with Gasteiger partial charge < -0.3 is 0 Å². The summed E-state index contributed by atoms with van der Waals surface area (Å²) >= 11 is 0. The molecule has 2 aliphatic rings. The first kappa shape index (κ1) is 14.5. The van der Waals surface area contributed by atoms with E-state index in [-0.39, 0.29) is 12.0 Å². The molecule has 4 heteroatoms. The zero-order valence-corrected chi connectivity index (χ0v) is 14.0. The molecule has 0 N–H and O–H groups in total. The van der Waals surface area contributed by atoms with Gasteiger partial charge in [-0.25, -0.2) is 8.42 Å². The van der Waals surface area contributed by atoms with E-state index in [1.165, 1.54) is 11.1 Å². The van der Waals surface area contributed by atoms with E-state index in [2.05, 4.69) is 12.1 Å². The van der Waals surface area contributed by atoms with Crippen molar-refractivity contribution in [3.63, 3.8) is 0 Å². The Morgan fingerprint density at radius 3 is 2.43 bits per heavy atom. The van der Waals surface area contributed by atoms with Crippen LogP contribution in [0.15, 0.2) is 65.2 Å². The van der Waals surface area contributed by atoms with Gasteiger partial charge in [-0.1, -0.05) is 42.0 Å². The van der Waals surface area contributed by atoms with E-state index >= 15 is 0 Å². The van der Waals surface area contributed by atoms with Crippen LogP contribution in [0.5, 0.6) is 0 Å². The topological polar surface area (TPSA) is 37.4 Å². The maximum absolute atomic E-state index is 13.1. The van der Waals surface area contributed by atoms with Gasteiger partial charge in [-0.2, -0.15) is 0 Å². The molecule has 0 unspecified atom stereocenters. The van der Waals surface area contributed by atoms with Crippen molar-refractivity contribution in [3.05, 3.63) is 77.0 Å². The maximum atomic E-state index is 13.1. The summed E-state index contributed by atoms with van der Waals surface area (Å²) in [5.41, 5.74) is 4.71. The van der Waals surface area contributed by atoms with Gasteiger partial charge in [-0.15, -0.1) is 0 Å². The van der Waals surface area contributed by atoms with E-state index in [1.807, 2.05) is 44.3 Å². The monoisotopic (exact) mass is 325 g/mol. The lowest BCUT2D eigenvalue weighted by Crippen LogP contribution is -2.34. The molecule has 3 nitrogen and oxygen atoms in total. The Labute approximate surface area is 137 Å². The highest BCUT2D eigenvalue weighted by molar-refractivity contribution is 7.89. The Balaban J connectivity index is 1.76. The highest BCUT2D eigenvalue weighted by atomic mass is 32.2. The van der Waals surface area contributed by atoms with Crippen molar-refractivity contribution in [2.45, 2.75) is 37.1 Å². The third-order valence-corrected chi connectivity index (χ3v) is 6.75. The number of fused-ring (bicyclic) bond motifs is 3. The van der Waals surface area contributed by atoms with E-state index < -0.39 is 10.0 Å². The molecule has 1 aliphatic heterocycles. The summed E-state index contributed by atoms with van der Waals surface area (Å²) in [6.07, 6.45) is 2.60. The number of benzene rings is 2. The van der Waals surface area contributed by atoms with Crippen LogP contribution in [0.3, 0.4) is 0 Å². The van der Waals surface area contributed by atoms with Crippen molar-refractivity contribution >= 4 is 10.0 Å². The van der Waals surface area contributed by atoms with Gasteiger partial charge in [0.1, 0.15) is 0 Å². The van der Waals surface area contributed by atoms with E-state index in [0.717, 1.165) is 17.6 Å². The van der Waals surface area contributed by atoms with Crippen LogP contribution in [0.2, 0.25) is 0 Å². The molecule has 0 aromatic heterocycles. The van der Waals surface area contributed by atoms with Gasteiger partial charge in [0.05, 0.1) is 10.9 Å². The molecule has 4 rings (SSSR count). The van der Waals surface area contributed by atoms with E-state index in [0.29, 0.717) is 4.90 Å². The quantitative estimate of drug-likeness (QED) is 0.846. The van der Waals surface area contributed by atoms with Crippen molar-refractivity contribution in [1.82, 2.24) is 4.31 Å². The molecule has 0 saturated heterocycles. The van der Waals surface area contributed by atoms with Crippen LogP contribution in [-0.4, -0.2) is 18.8 Å². The molecule has 0 amide bonds. The summed E-state index contributed by atoms with van der Waals surface area (Å²) in [5.74, 6) is 0.187. The Morgan fingerprint density at radius 1 is 1.00 bits per heavy atom. The lowest BCUT2D eigenvalue weighted by molar-refractivity contribution is 0.413. The molecule has 0 spiro atoms. The summed E-state index contributed by atoms with van der Waals surface area (Å²) in [4.78, 5) is 0.365. The fourth-order valence-corrected chi connectivity index (χ4v) is 5.40. The van der Waals surface area contributed by atoms with E-state index in [1.54, 1.807) is 16.4 Å². The molecular weight excluding hydrogens is 306 g/mol. The molecule has 118 valence electrons. The van der Waals surface area contributed by atoms with Crippen molar-refractivity contribution in [3.8, 4) is 0 Å². The first-order valence-electron chi connectivity index (χ1n) is 7.85. The molecule has 0 bridgehead atoms. The van der Waals surface area contributed by atoms with Crippen LogP contribution in [0.1, 0.15) is 29.5 Å². The lowest BCUT2D eigenvalue weighted by Gasteiger charge is -2.25. The predicted molar refractivity (Wildman–Crippen MR) is 90.6 cm³/mol. The fraction of sp³-hybridized carbons (Fsp3) is 0.263. The average molecular weight is 325 g/mol. The summed E-state index contributed by atoms with van der Waals surface area (Å²) in [7, 11) is -3.50. The van der Waals surface area contributed by atoms with Crippen LogP contribution >= 0.6 is 0 Å². The maximum Gasteiger partial charge on any atom is 0.264 e. The zero-order valence-electron chi connectivity index (χ0n) is 13.2. The number of sulfonamides is 1. The zero-order chi connectivity index (χ0) is 16.2. The highest BCUT2D eigenvalue weighted by Crippen LogP contribution is 2.46. The Morgan fingerprint density at radius 2 is 1.70 bits per heavy atom. The second-order valence-electron chi connectivity index (χ2n) is 6.47. The van der Waals surface area contributed by atoms with Gasteiger partial charge in [0.25, 0.3) is 10.0 Å². The Kier molecular flexibility index (Phi) is 3.13. The van der Waals surface area contributed by atoms with Crippen molar-refractivity contribution in [1.29, 1.82) is 0 Å². The minimum atomic E-state index is -3.50. The van der Waals surface area contributed by atoms with Crippen molar-refractivity contribution < 1.29 is 8.42 Å². The fourth-order valence-electron chi connectivity index (χ4n) is 3.82. The number of aryl methyl sites for hydroxylation is 1. The van der Waals surface area contributed by atoms with Crippen LogP contribution in [0.25, 0.3) is 0 Å². The molecule has 1 aliphatic carbocycles. The molecule has 2 aromatic rings. The Hall–Kier alpha value is -2.07. The van der Waals surface area contributed by atoms with Crippen LogP contribution in [-0.2, 0) is 16.4 Å². The number of hydrogen-bond donors (Lipinski definition) is 0. The van der Waals surface area contributed by atoms with Crippen LogP contribution in [0, 0.1) is 6.92 Å². The number of rotatable bonds is 2. The first-order chi connectivity index (χ1) is 11.0. The molecular formula is C19H19NO2S. The molecule has 2 atom stereocenters. The second kappa shape index (κ2) is 4.96. The van der Waals surface area contributed by atoms with Crippen LogP contribution in [0.4, 0.5) is 0 Å². The summed E-state index contributed by atoms with van der Waals surface area (Å²) < 4.78 is 27.7. The third-order valence-electron chi connectivity index (χ3n) is 4.95. The summed E-state index contributed by atoms with van der Waals surface area (Å²) in [6.45, 7) is 3.99. The number of hydrogen-bond acceptors (Lipinski definition) is 2. The molecule has 0 radical (unpaired) electrons. The van der Waals surface area contributed by atoms with E-state index in [9.17, 15) is 8.42 Å². The van der Waals surface area contributed by atoms with Gasteiger partial charge in [0.2, 0.25) is 0 Å². The summed E-state index contributed by atoms with van der Waals surface area (Å²) in [6, 6.07) is 15.4. The van der Waals surface area contributed by atoms with Gasteiger partial charge >= 0.3 is 0 Å². The van der Waals surface area contributed by atoms with Gasteiger partial charge in [-0.05, 0) is 49.1 Å². The SMILES string of the molecule is CC1=CN(S(=O)(=O)c2ccc(C)cc2)[C@H]2Cc3ccccc3[C@@H]12. The van der Waals surface area contributed by atoms with Crippen molar-refractivity contribution in [2.75, 3.05) is 0 Å². The highest BCUT2D eigenvalue weighted by Gasteiger charge is 2.45. The predicted octanol–water partition coefficient (Wildman–Crippen LogP) is 3.61. The minimum Gasteiger partial charge on any atom is -0.269 e. The molecule has 23 heavy (non-hydrogen) atoms. The Bertz CT molecular complexity index is 897.